The van der Waals surface area contributed by atoms with Crippen molar-refractivity contribution in [1.29, 1.82) is 0 Å². The van der Waals surface area contributed by atoms with Gasteiger partial charge in [0.05, 0.1) is 11.4 Å². The second-order valence-corrected chi connectivity index (χ2v) is 6.05. The van der Waals surface area contributed by atoms with Crippen LogP contribution in [0.1, 0.15) is 29.4 Å². The summed E-state index contributed by atoms with van der Waals surface area (Å²) in [4.78, 5) is 0. The van der Waals surface area contributed by atoms with Crippen molar-refractivity contribution < 1.29 is 4.74 Å². The zero-order valence-corrected chi connectivity index (χ0v) is 14.6. The highest BCUT2D eigenvalue weighted by Gasteiger charge is 2.11. The number of nitrogens with one attached hydrogen (secondary N) is 1. The second kappa shape index (κ2) is 7.09. The molecule has 0 saturated carbocycles. The molecule has 5 heteroatoms. The maximum atomic E-state index is 6.08. The van der Waals surface area contributed by atoms with Gasteiger partial charge in [-0.3, -0.25) is 4.68 Å². The van der Waals surface area contributed by atoms with Crippen molar-refractivity contribution in [1.82, 2.24) is 15.1 Å². The lowest BCUT2D eigenvalue weighted by Gasteiger charge is -2.15. The highest BCUT2D eigenvalue weighted by Crippen LogP contribution is 2.28. The van der Waals surface area contributed by atoms with E-state index in [1.807, 2.05) is 18.8 Å². The van der Waals surface area contributed by atoms with Gasteiger partial charge in [-0.05, 0) is 44.2 Å². The summed E-state index contributed by atoms with van der Waals surface area (Å²) >= 11 is 3.54. The van der Waals surface area contributed by atoms with Crippen LogP contribution in [0, 0.1) is 6.92 Å². The number of halogens is 1. The van der Waals surface area contributed by atoms with E-state index in [0.717, 1.165) is 45.7 Å². The zero-order chi connectivity index (χ0) is 15.4. The summed E-state index contributed by atoms with van der Waals surface area (Å²) in [5, 5.41) is 7.64. The van der Waals surface area contributed by atoms with E-state index >= 15 is 0 Å². The average Bonchev–Trinajstić information content (AvgIpc) is 2.79. The number of hydrogen-bond acceptors (Lipinski definition) is 3. The summed E-state index contributed by atoms with van der Waals surface area (Å²) in [7, 11) is 3.90. The summed E-state index contributed by atoms with van der Waals surface area (Å²) in [6, 6.07) is 6.28. The molecular weight excluding hydrogens is 330 g/mol. The van der Waals surface area contributed by atoms with Crippen molar-refractivity contribution in [2.75, 3.05) is 7.05 Å². The number of benzene rings is 1. The molecule has 0 aliphatic rings. The maximum Gasteiger partial charge on any atom is 0.130 e. The van der Waals surface area contributed by atoms with Crippen molar-refractivity contribution in [3.63, 3.8) is 0 Å². The Morgan fingerprint density at radius 2 is 2.10 bits per heavy atom. The molecular formula is C16H22BrN3O. The first-order valence-corrected chi connectivity index (χ1v) is 7.92. The van der Waals surface area contributed by atoms with Crippen LogP contribution in [0.3, 0.4) is 0 Å². The fraction of sp³-hybridized carbons (Fsp3) is 0.438. The predicted molar refractivity (Wildman–Crippen MR) is 88.6 cm³/mol. The van der Waals surface area contributed by atoms with Crippen molar-refractivity contribution in [2.45, 2.75) is 33.4 Å². The molecule has 0 radical (unpaired) electrons. The molecule has 0 saturated heterocycles. The number of nitrogens with zero attached hydrogens (tertiary/aromatic N) is 2. The van der Waals surface area contributed by atoms with Gasteiger partial charge in [0.1, 0.15) is 12.4 Å². The largest absolute Gasteiger partial charge is 0.487 e. The van der Waals surface area contributed by atoms with Crippen LogP contribution >= 0.6 is 15.9 Å². The topological polar surface area (TPSA) is 39.1 Å². The average molecular weight is 352 g/mol. The number of hydrogen-bond donors (Lipinski definition) is 1. The second-order valence-electron chi connectivity index (χ2n) is 5.13. The highest BCUT2D eigenvalue weighted by atomic mass is 79.9. The first kappa shape index (κ1) is 16.0. The van der Waals surface area contributed by atoms with Gasteiger partial charge >= 0.3 is 0 Å². The molecule has 1 heterocycles. The van der Waals surface area contributed by atoms with Gasteiger partial charge in [-0.25, -0.2) is 0 Å². The molecule has 0 aliphatic heterocycles. The Kier molecular flexibility index (Phi) is 5.42. The fourth-order valence-corrected chi connectivity index (χ4v) is 2.97. The van der Waals surface area contributed by atoms with Crippen LogP contribution < -0.4 is 10.1 Å². The van der Waals surface area contributed by atoms with E-state index < -0.39 is 0 Å². The van der Waals surface area contributed by atoms with Gasteiger partial charge in [0, 0.05) is 23.6 Å². The smallest absolute Gasteiger partial charge is 0.130 e. The molecule has 2 rings (SSSR count). The van der Waals surface area contributed by atoms with Gasteiger partial charge in [0.25, 0.3) is 0 Å². The first-order valence-electron chi connectivity index (χ1n) is 7.13. The molecule has 1 N–H and O–H groups in total. The molecule has 0 spiro atoms. The van der Waals surface area contributed by atoms with Crippen LogP contribution in [0.4, 0.5) is 0 Å². The molecule has 0 bridgehead atoms. The molecule has 0 fully saturated rings. The van der Waals surface area contributed by atoms with E-state index in [2.05, 4.69) is 58.4 Å². The van der Waals surface area contributed by atoms with Crippen LogP contribution in [0.2, 0.25) is 0 Å². The van der Waals surface area contributed by atoms with E-state index in [4.69, 9.17) is 4.74 Å². The Morgan fingerprint density at radius 1 is 1.33 bits per heavy atom. The molecule has 1 aromatic carbocycles. The Balaban J connectivity index is 2.20. The number of ether oxygens (including phenoxy) is 1. The summed E-state index contributed by atoms with van der Waals surface area (Å²) < 4.78 is 9.05. The third kappa shape index (κ3) is 3.86. The number of rotatable bonds is 6. The molecule has 0 unspecified atom stereocenters. The van der Waals surface area contributed by atoms with Crippen LogP contribution in [0.5, 0.6) is 5.75 Å². The van der Waals surface area contributed by atoms with Gasteiger partial charge in [-0.2, -0.15) is 5.10 Å². The number of aryl methyl sites for hydroxylation is 3. The first-order chi connectivity index (χ1) is 10.0. The van der Waals surface area contributed by atoms with Crippen LogP contribution in [-0.2, 0) is 26.6 Å². The third-order valence-electron chi connectivity index (χ3n) is 3.44. The van der Waals surface area contributed by atoms with E-state index in [9.17, 15) is 0 Å². The van der Waals surface area contributed by atoms with Crippen molar-refractivity contribution in [3.8, 4) is 5.75 Å². The van der Waals surface area contributed by atoms with Crippen LogP contribution in [0.15, 0.2) is 22.7 Å². The van der Waals surface area contributed by atoms with Crippen molar-refractivity contribution >= 4 is 15.9 Å². The quantitative estimate of drug-likeness (QED) is 0.867. The lowest BCUT2D eigenvalue weighted by atomic mass is 10.1. The molecule has 2 aromatic rings. The number of aromatic nitrogens is 2. The Labute approximate surface area is 134 Å². The minimum Gasteiger partial charge on any atom is -0.487 e. The van der Waals surface area contributed by atoms with Crippen molar-refractivity contribution in [2.24, 2.45) is 7.05 Å². The Hall–Kier alpha value is -1.33. The van der Waals surface area contributed by atoms with Crippen LogP contribution in [0.25, 0.3) is 0 Å². The third-order valence-corrected chi connectivity index (χ3v) is 3.90. The van der Waals surface area contributed by atoms with E-state index in [-0.39, 0.29) is 0 Å². The summed E-state index contributed by atoms with van der Waals surface area (Å²) in [6.45, 7) is 5.49. The standard InChI is InChI=1S/C16H22BrN3O/c1-5-14-8-15(20(4)19-14)10-21-16-11(2)6-13(17)7-12(16)9-18-3/h6-8,18H,5,9-10H2,1-4H3. The summed E-state index contributed by atoms with van der Waals surface area (Å²) in [6.07, 6.45) is 0.941. The van der Waals surface area contributed by atoms with Gasteiger partial charge in [0.2, 0.25) is 0 Å². The lowest BCUT2D eigenvalue weighted by Crippen LogP contribution is -2.10. The van der Waals surface area contributed by atoms with Gasteiger partial charge < -0.3 is 10.1 Å². The summed E-state index contributed by atoms with van der Waals surface area (Å²) in [5.74, 6) is 0.951. The molecule has 0 amide bonds. The van der Waals surface area contributed by atoms with Crippen LogP contribution in [-0.4, -0.2) is 16.8 Å². The normalized spacial score (nSPS) is 10.9. The molecule has 1 aromatic heterocycles. The lowest BCUT2D eigenvalue weighted by molar-refractivity contribution is 0.289. The molecule has 0 aliphatic carbocycles. The van der Waals surface area contributed by atoms with Gasteiger partial charge in [0.15, 0.2) is 0 Å². The SMILES string of the molecule is CCc1cc(COc2c(C)cc(Br)cc2CNC)n(C)n1. The Morgan fingerprint density at radius 3 is 2.71 bits per heavy atom. The molecule has 114 valence electrons. The van der Waals surface area contributed by atoms with Gasteiger partial charge in [-0.15, -0.1) is 0 Å². The predicted octanol–water partition coefficient (Wildman–Crippen LogP) is 3.35. The minimum absolute atomic E-state index is 0.530. The highest BCUT2D eigenvalue weighted by molar-refractivity contribution is 9.10. The molecule has 0 atom stereocenters. The van der Waals surface area contributed by atoms with Gasteiger partial charge in [-0.1, -0.05) is 22.9 Å². The monoisotopic (exact) mass is 351 g/mol. The molecule has 4 nitrogen and oxygen atoms in total. The van der Waals surface area contributed by atoms with E-state index in [1.54, 1.807) is 0 Å². The zero-order valence-electron chi connectivity index (χ0n) is 13.0. The maximum absolute atomic E-state index is 6.08. The molecule has 21 heavy (non-hydrogen) atoms. The van der Waals surface area contributed by atoms with E-state index in [1.165, 1.54) is 0 Å². The minimum atomic E-state index is 0.530. The fourth-order valence-electron chi connectivity index (χ4n) is 2.35. The van der Waals surface area contributed by atoms with E-state index in [0.29, 0.717) is 6.61 Å². The Bertz CT molecular complexity index is 622. The van der Waals surface area contributed by atoms with Crippen molar-refractivity contribution in [3.05, 3.63) is 45.2 Å². The summed E-state index contributed by atoms with van der Waals surface area (Å²) in [5.41, 5.74) is 4.47.